The minimum absolute atomic E-state index is 0.200. The van der Waals surface area contributed by atoms with Gasteiger partial charge in [-0.25, -0.2) is 4.79 Å². The molecule has 0 aliphatic heterocycles. The lowest BCUT2D eigenvalue weighted by Crippen LogP contribution is -2.43. The number of hydrogen-bond acceptors (Lipinski definition) is 4. The Kier molecular flexibility index (Phi) is 5.84. The average molecular weight is 217 g/mol. The molecule has 0 radical (unpaired) electrons. The van der Waals surface area contributed by atoms with Gasteiger partial charge in [-0.1, -0.05) is 0 Å². The van der Waals surface area contributed by atoms with Crippen LogP contribution in [0, 0.1) is 0 Å². The standard InChI is InChI=1S/C8H15N3O4/c1-3-15-7(13)4-10-8(14)11(2)5-6(9)12/h3-5H2,1-2H3,(H2,9,12)(H,10,14). The highest BCUT2D eigenvalue weighted by molar-refractivity contribution is 5.84. The Bertz CT molecular complexity index is 254. The van der Waals surface area contributed by atoms with Crippen molar-refractivity contribution < 1.29 is 19.1 Å². The van der Waals surface area contributed by atoms with E-state index >= 15 is 0 Å². The molecule has 0 fully saturated rings. The zero-order chi connectivity index (χ0) is 11.8. The highest BCUT2D eigenvalue weighted by atomic mass is 16.5. The largest absolute Gasteiger partial charge is 0.465 e. The fourth-order valence-electron chi connectivity index (χ4n) is 0.800. The van der Waals surface area contributed by atoms with E-state index in [-0.39, 0.29) is 19.7 Å². The molecule has 7 nitrogen and oxygen atoms in total. The minimum atomic E-state index is -0.621. The van der Waals surface area contributed by atoms with Gasteiger partial charge in [0.25, 0.3) is 0 Å². The highest BCUT2D eigenvalue weighted by Crippen LogP contribution is 1.83. The van der Waals surface area contributed by atoms with E-state index in [0.29, 0.717) is 0 Å². The summed E-state index contributed by atoms with van der Waals surface area (Å²) in [5, 5.41) is 2.28. The number of urea groups is 1. The maximum Gasteiger partial charge on any atom is 0.325 e. The fourth-order valence-corrected chi connectivity index (χ4v) is 0.800. The lowest BCUT2D eigenvalue weighted by atomic mass is 10.5. The van der Waals surface area contributed by atoms with Crippen LogP contribution in [0.1, 0.15) is 6.92 Å². The molecule has 7 heteroatoms. The van der Waals surface area contributed by atoms with Crippen LogP contribution in [0.5, 0.6) is 0 Å². The Hall–Kier alpha value is -1.79. The topological polar surface area (TPSA) is 102 Å². The van der Waals surface area contributed by atoms with Gasteiger partial charge in [0.2, 0.25) is 5.91 Å². The minimum Gasteiger partial charge on any atom is -0.465 e. The maximum absolute atomic E-state index is 11.2. The van der Waals surface area contributed by atoms with Gasteiger partial charge >= 0.3 is 12.0 Å². The normalized spacial score (nSPS) is 9.20. The molecule has 0 aromatic carbocycles. The van der Waals surface area contributed by atoms with Crippen LogP contribution in [-0.2, 0) is 14.3 Å². The Labute approximate surface area is 87.5 Å². The van der Waals surface area contributed by atoms with Crippen LogP contribution in [0.15, 0.2) is 0 Å². The summed E-state index contributed by atoms with van der Waals surface area (Å²) in [5.41, 5.74) is 4.88. The SMILES string of the molecule is CCOC(=O)CNC(=O)N(C)CC(N)=O. The summed E-state index contributed by atoms with van der Waals surface area (Å²) < 4.78 is 4.59. The summed E-state index contributed by atoms with van der Waals surface area (Å²) >= 11 is 0. The van der Waals surface area contributed by atoms with Crippen molar-refractivity contribution in [3.63, 3.8) is 0 Å². The molecule has 0 heterocycles. The van der Waals surface area contributed by atoms with E-state index in [4.69, 9.17) is 5.73 Å². The van der Waals surface area contributed by atoms with E-state index in [2.05, 4.69) is 10.1 Å². The number of carbonyl (C=O) groups excluding carboxylic acids is 3. The van der Waals surface area contributed by atoms with Crippen LogP contribution >= 0.6 is 0 Å². The second-order valence-corrected chi connectivity index (χ2v) is 2.79. The quantitative estimate of drug-likeness (QED) is 0.557. The van der Waals surface area contributed by atoms with Crippen molar-refractivity contribution in [1.82, 2.24) is 10.2 Å². The Morgan fingerprint density at radius 1 is 1.40 bits per heavy atom. The molecule has 3 amide bonds. The first-order valence-electron chi connectivity index (χ1n) is 4.40. The van der Waals surface area contributed by atoms with Gasteiger partial charge in [0, 0.05) is 7.05 Å². The summed E-state index contributed by atoms with van der Waals surface area (Å²) in [6.07, 6.45) is 0. The van der Waals surface area contributed by atoms with E-state index in [1.54, 1.807) is 6.92 Å². The molecular weight excluding hydrogens is 202 g/mol. The third-order valence-electron chi connectivity index (χ3n) is 1.43. The van der Waals surface area contributed by atoms with Gasteiger partial charge in [-0.2, -0.15) is 0 Å². The molecule has 0 saturated carbocycles. The number of nitrogens with two attached hydrogens (primary N) is 1. The highest BCUT2D eigenvalue weighted by Gasteiger charge is 2.11. The molecule has 0 aliphatic rings. The molecule has 0 aromatic rings. The zero-order valence-corrected chi connectivity index (χ0v) is 8.78. The molecule has 0 aliphatic carbocycles. The molecule has 0 saturated heterocycles. The number of hydrogen-bond donors (Lipinski definition) is 2. The van der Waals surface area contributed by atoms with Crippen molar-refractivity contribution in [3.05, 3.63) is 0 Å². The van der Waals surface area contributed by atoms with Crippen LogP contribution in [0.3, 0.4) is 0 Å². The van der Waals surface area contributed by atoms with E-state index < -0.39 is 17.9 Å². The van der Waals surface area contributed by atoms with E-state index in [1.807, 2.05) is 0 Å². The van der Waals surface area contributed by atoms with Gasteiger partial charge < -0.3 is 20.7 Å². The van der Waals surface area contributed by atoms with Gasteiger partial charge in [-0.05, 0) is 6.92 Å². The van der Waals surface area contributed by atoms with Crippen LogP contribution in [0.4, 0.5) is 4.79 Å². The predicted octanol–water partition coefficient (Wildman–Crippen LogP) is -1.32. The molecule has 0 rings (SSSR count). The number of primary amides is 1. The first-order chi connectivity index (χ1) is 6.97. The lowest BCUT2D eigenvalue weighted by Gasteiger charge is -2.15. The Morgan fingerprint density at radius 3 is 2.47 bits per heavy atom. The average Bonchev–Trinajstić information content (AvgIpc) is 2.13. The van der Waals surface area contributed by atoms with Crippen LogP contribution in [-0.4, -0.2) is 49.6 Å². The number of rotatable bonds is 5. The van der Waals surface area contributed by atoms with Gasteiger partial charge in [-0.15, -0.1) is 0 Å². The maximum atomic E-state index is 11.2. The van der Waals surface area contributed by atoms with Crippen LogP contribution in [0.2, 0.25) is 0 Å². The van der Waals surface area contributed by atoms with Crippen LogP contribution in [0.25, 0.3) is 0 Å². The van der Waals surface area contributed by atoms with Gasteiger partial charge in [0.15, 0.2) is 0 Å². The molecule has 3 N–H and O–H groups in total. The third kappa shape index (κ3) is 6.30. The van der Waals surface area contributed by atoms with E-state index in [9.17, 15) is 14.4 Å². The zero-order valence-electron chi connectivity index (χ0n) is 8.78. The van der Waals surface area contributed by atoms with Gasteiger partial charge in [-0.3, -0.25) is 9.59 Å². The summed E-state index contributed by atoms with van der Waals surface area (Å²) in [6.45, 7) is 1.50. The van der Waals surface area contributed by atoms with Gasteiger partial charge in [0.1, 0.15) is 13.1 Å². The van der Waals surface area contributed by atoms with Crippen LogP contribution < -0.4 is 11.1 Å². The van der Waals surface area contributed by atoms with Crippen molar-refractivity contribution in [3.8, 4) is 0 Å². The first-order valence-corrected chi connectivity index (χ1v) is 4.40. The lowest BCUT2D eigenvalue weighted by molar-refractivity contribution is -0.141. The second kappa shape index (κ2) is 6.63. The van der Waals surface area contributed by atoms with Crippen molar-refractivity contribution in [2.75, 3.05) is 26.7 Å². The Balaban J connectivity index is 3.82. The molecule has 86 valence electrons. The Morgan fingerprint density at radius 2 is 2.00 bits per heavy atom. The number of esters is 1. The van der Waals surface area contributed by atoms with E-state index in [1.165, 1.54) is 7.05 Å². The molecule has 15 heavy (non-hydrogen) atoms. The molecule has 0 aromatic heterocycles. The summed E-state index contributed by atoms with van der Waals surface area (Å²) in [7, 11) is 1.39. The van der Waals surface area contributed by atoms with Crippen molar-refractivity contribution in [2.45, 2.75) is 6.92 Å². The van der Waals surface area contributed by atoms with Crippen molar-refractivity contribution >= 4 is 17.9 Å². The third-order valence-corrected chi connectivity index (χ3v) is 1.43. The monoisotopic (exact) mass is 217 g/mol. The summed E-state index contributed by atoms with van der Waals surface area (Å²) in [6, 6.07) is -0.554. The molecule has 0 bridgehead atoms. The fraction of sp³-hybridized carbons (Fsp3) is 0.625. The summed E-state index contributed by atoms with van der Waals surface area (Å²) in [4.78, 5) is 33.6. The predicted molar refractivity (Wildman–Crippen MR) is 51.9 cm³/mol. The second-order valence-electron chi connectivity index (χ2n) is 2.79. The number of carbonyl (C=O) groups is 3. The number of nitrogens with zero attached hydrogens (tertiary/aromatic N) is 1. The summed E-state index contributed by atoms with van der Waals surface area (Å²) in [5.74, 6) is -1.15. The smallest absolute Gasteiger partial charge is 0.325 e. The molecule has 0 spiro atoms. The van der Waals surface area contributed by atoms with E-state index in [0.717, 1.165) is 4.90 Å². The van der Waals surface area contributed by atoms with Crippen molar-refractivity contribution in [1.29, 1.82) is 0 Å². The number of amides is 3. The first kappa shape index (κ1) is 13.2. The molecular formula is C8H15N3O4. The number of likely N-dealkylation sites (N-methyl/N-ethyl adjacent to an activating group) is 1. The molecule has 0 unspecified atom stereocenters. The number of nitrogens with one attached hydrogen (secondary N) is 1. The molecule has 0 atom stereocenters. The number of ether oxygens (including phenoxy) is 1. The van der Waals surface area contributed by atoms with Crippen molar-refractivity contribution in [2.24, 2.45) is 5.73 Å². The van der Waals surface area contributed by atoms with Gasteiger partial charge in [0.05, 0.1) is 6.61 Å².